The molecule has 0 bridgehead atoms. The highest BCUT2D eigenvalue weighted by Gasteiger charge is 2.15. The van der Waals surface area contributed by atoms with Crippen LogP contribution in [0.25, 0.3) is 11.1 Å². The van der Waals surface area contributed by atoms with Crippen molar-refractivity contribution in [2.45, 2.75) is 6.92 Å². The van der Waals surface area contributed by atoms with Gasteiger partial charge in [-0.15, -0.1) is 0 Å². The molecule has 0 aliphatic heterocycles. The first-order chi connectivity index (χ1) is 10.4. The highest BCUT2D eigenvalue weighted by Crippen LogP contribution is 2.27. The third-order valence-electron chi connectivity index (χ3n) is 2.92. The summed E-state index contributed by atoms with van der Waals surface area (Å²) < 4.78 is 4.90. The third kappa shape index (κ3) is 3.29. The van der Waals surface area contributed by atoms with Gasteiger partial charge in [-0.3, -0.25) is 4.79 Å². The van der Waals surface area contributed by atoms with Crippen molar-refractivity contribution in [2.24, 2.45) is 0 Å². The largest absolute Gasteiger partial charge is 0.478 e. The fraction of sp³-hybridized carbons (Fsp3) is 0.0625. The van der Waals surface area contributed by atoms with Crippen LogP contribution in [-0.4, -0.2) is 28.1 Å². The predicted molar refractivity (Wildman–Crippen MR) is 77.1 cm³/mol. The zero-order valence-electron chi connectivity index (χ0n) is 11.6. The summed E-state index contributed by atoms with van der Waals surface area (Å²) in [4.78, 5) is 33.2. The van der Waals surface area contributed by atoms with Crippen molar-refractivity contribution < 1.29 is 29.3 Å². The Morgan fingerprint density at radius 2 is 1.55 bits per heavy atom. The number of carbonyl (C=O) groups excluding carboxylic acids is 1. The Labute approximate surface area is 125 Å². The van der Waals surface area contributed by atoms with Gasteiger partial charge in [-0.05, 0) is 41.5 Å². The molecule has 2 N–H and O–H groups in total. The Kier molecular flexibility index (Phi) is 4.22. The van der Waals surface area contributed by atoms with Crippen molar-refractivity contribution in [1.29, 1.82) is 0 Å². The molecule has 0 fully saturated rings. The standard InChI is InChI=1S/C16H12O6/c1-9(17)22-12-5-2-10(3-6-12)14-8-11(15(18)19)4-7-13(14)16(20)21/h2-8H,1H3,(H,18,19)(H,20,21). The van der Waals surface area contributed by atoms with Crippen LogP contribution in [0.2, 0.25) is 0 Å². The normalized spacial score (nSPS) is 10.0. The first-order valence-corrected chi connectivity index (χ1v) is 6.28. The SMILES string of the molecule is CC(=O)Oc1ccc(-c2cc(C(=O)O)ccc2C(=O)O)cc1. The molecule has 22 heavy (non-hydrogen) atoms. The van der Waals surface area contributed by atoms with Gasteiger partial charge in [0.15, 0.2) is 0 Å². The molecule has 0 saturated heterocycles. The van der Waals surface area contributed by atoms with E-state index in [9.17, 15) is 19.5 Å². The first-order valence-electron chi connectivity index (χ1n) is 6.28. The zero-order chi connectivity index (χ0) is 16.3. The first kappa shape index (κ1) is 15.2. The summed E-state index contributed by atoms with van der Waals surface area (Å²) in [6.45, 7) is 1.27. The van der Waals surface area contributed by atoms with Crippen LogP contribution in [-0.2, 0) is 4.79 Å². The van der Waals surface area contributed by atoms with Gasteiger partial charge in [0.1, 0.15) is 5.75 Å². The van der Waals surface area contributed by atoms with Gasteiger partial charge in [-0.2, -0.15) is 0 Å². The second kappa shape index (κ2) is 6.09. The van der Waals surface area contributed by atoms with Gasteiger partial charge in [0.25, 0.3) is 0 Å². The van der Waals surface area contributed by atoms with Crippen LogP contribution in [0, 0.1) is 0 Å². The molecule has 2 aromatic carbocycles. The van der Waals surface area contributed by atoms with Gasteiger partial charge in [-0.1, -0.05) is 12.1 Å². The second-order valence-electron chi connectivity index (χ2n) is 4.49. The lowest BCUT2D eigenvalue weighted by atomic mass is 9.97. The summed E-state index contributed by atoms with van der Waals surface area (Å²) in [6, 6.07) is 9.93. The molecule has 0 amide bonds. The molecule has 2 rings (SSSR count). The van der Waals surface area contributed by atoms with E-state index in [1.54, 1.807) is 12.1 Å². The number of carboxylic acids is 2. The van der Waals surface area contributed by atoms with Gasteiger partial charge >= 0.3 is 17.9 Å². The molecule has 0 spiro atoms. The Morgan fingerprint density at radius 3 is 2.05 bits per heavy atom. The van der Waals surface area contributed by atoms with Crippen molar-refractivity contribution in [3.63, 3.8) is 0 Å². The maximum atomic E-state index is 11.3. The minimum Gasteiger partial charge on any atom is -0.478 e. The zero-order valence-corrected chi connectivity index (χ0v) is 11.6. The second-order valence-corrected chi connectivity index (χ2v) is 4.49. The van der Waals surface area contributed by atoms with Crippen LogP contribution in [0.1, 0.15) is 27.6 Å². The van der Waals surface area contributed by atoms with Crippen LogP contribution >= 0.6 is 0 Å². The van der Waals surface area contributed by atoms with Gasteiger partial charge in [0.2, 0.25) is 0 Å². The highest BCUT2D eigenvalue weighted by molar-refractivity contribution is 5.99. The summed E-state index contributed by atoms with van der Waals surface area (Å²) in [5.41, 5.74) is 0.771. The summed E-state index contributed by atoms with van der Waals surface area (Å²) in [5.74, 6) is -2.44. The number of carbonyl (C=O) groups is 3. The number of esters is 1. The maximum Gasteiger partial charge on any atom is 0.336 e. The van der Waals surface area contributed by atoms with Gasteiger partial charge < -0.3 is 14.9 Å². The molecule has 6 heteroatoms. The van der Waals surface area contributed by atoms with Crippen molar-refractivity contribution in [3.05, 3.63) is 53.6 Å². The Bertz CT molecular complexity index is 746. The quantitative estimate of drug-likeness (QED) is 0.665. The lowest BCUT2D eigenvalue weighted by Gasteiger charge is -2.09. The van der Waals surface area contributed by atoms with E-state index in [0.29, 0.717) is 11.3 Å². The fourth-order valence-electron chi connectivity index (χ4n) is 1.97. The molecule has 6 nitrogen and oxygen atoms in total. The molecular formula is C16H12O6. The van der Waals surface area contributed by atoms with Crippen LogP contribution in [0.15, 0.2) is 42.5 Å². The van der Waals surface area contributed by atoms with Crippen LogP contribution in [0.5, 0.6) is 5.75 Å². The van der Waals surface area contributed by atoms with E-state index in [1.165, 1.54) is 37.3 Å². The van der Waals surface area contributed by atoms with Gasteiger partial charge in [0, 0.05) is 6.92 Å². The molecule has 0 radical (unpaired) electrons. The number of aromatic carboxylic acids is 2. The van der Waals surface area contributed by atoms with Crippen molar-refractivity contribution in [3.8, 4) is 16.9 Å². The predicted octanol–water partition coefficient (Wildman–Crippen LogP) is 2.68. The van der Waals surface area contributed by atoms with Crippen LogP contribution < -0.4 is 4.74 Å². The molecule has 112 valence electrons. The Balaban J connectivity index is 2.49. The van der Waals surface area contributed by atoms with E-state index < -0.39 is 17.9 Å². The van der Waals surface area contributed by atoms with E-state index in [1.807, 2.05) is 0 Å². The topological polar surface area (TPSA) is 101 Å². The molecular weight excluding hydrogens is 288 g/mol. The van der Waals surface area contributed by atoms with Crippen molar-refractivity contribution in [2.75, 3.05) is 0 Å². The average molecular weight is 300 g/mol. The van der Waals surface area contributed by atoms with Gasteiger partial charge in [0.05, 0.1) is 11.1 Å². The smallest absolute Gasteiger partial charge is 0.336 e. The summed E-state index contributed by atoms with van der Waals surface area (Å²) >= 11 is 0. The lowest BCUT2D eigenvalue weighted by Crippen LogP contribution is -2.04. The number of hydrogen-bond donors (Lipinski definition) is 2. The van der Waals surface area contributed by atoms with Crippen molar-refractivity contribution in [1.82, 2.24) is 0 Å². The number of hydrogen-bond acceptors (Lipinski definition) is 4. The molecule has 2 aromatic rings. The molecule has 0 atom stereocenters. The molecule has 0 aliphatic carbocycles. The Morgan fingerprint density at radius 1 is 0.909 bits per heavy atom. The van der Waals surface area contributed by atoms with E-state index in [0.717, 1.165) is 0 Å². The van der Waals surface area contributed by atoms with E-state index in [2.05, 4.69) is 0 Å². The number of carboxylic acid groups (broad SMARTS) is 2. The molecule has 0 aliphatic rings. The lowest BCUT2D eigenvalue weighted by molar-refractivity contribution is -0.131. The number of rotatable bonds is 4. The van der Waals surface area contributed by atoms with Crippen molar-refractivity contribution >= 4 is 17.9 Å². The third-order valence-corrected chi connectivity index (χ3v) is 2.92. The Hall–Kier alpha value is -3.15. The van der Waals surface area contributed by atoms with E-state index in [4.69, 9.17) is 9.84 Å². The summed E-state index contributed by atoms with van der Waals surface area (Å²) in [5, 5.41) is 18.2. The molecule has 0 heterocycles. The summed E-state index contributed by atoms with van der Waals surface area (Å²) in [7, 11) is 0. The number of benzene rings is 2. The molecule has 0 saturated carbocycles. The maximum absolute atomic E-state index is 11.3. The molecule has 0 unspecified atom stereocenters. The van der Waals surface area contributed by atoms with Crippen LogP contribution in [0.4, 0.5) is 0 Å². The highest BCUT2D eigenvalue weighted by atomic mass is 16.5. The number of ether oxygens (including phenoxy) is 1. The average Bonchev–Trinajstić information content (AvgIpc) is 2.46. The monoisotopic (exact) mass is 300 g/mol. The van der Waals surface area contributed by atoms with E-state index >= 15 is 0 Å². The minimum atomic E-state index is -1.16. The van der Waals surface area contributed by atoms with Gasteiger partial charge in [-0.25, -0.2) is 9.59 Å². The van der Waals surface area contributed by atoms with E-state index in [-0.39, 0.29) is 16.7 Å². The summed E-state index contributed by atoms with van der Waals surface area (Å²) in [6.07, 6.45) is 0. The fourth-order valence-corrected chi connectivity index (χ4v) is 1.97. The molecule has 0 aromatic heterocycles. The van der Waals surface area contributed by atoms with Crippen LogP contribution in [0.3, 0.4) is 0 Å². The minimum absolute atomic E-state index is 0.00904.